The van der Waals surface area contributed by atoms with E-state index in [1.807, 2.05) is 0 Å². The maximum atomic E-state index is 12.0. The fraction of sp³-hybridized carbons (Fsp3) is 0.538. The lowest BCUT2D eigenvalue weighted by Gasteiger charge is -2.25. The molecule has 0 spiro atoms. The second kappa shape index (κ2) is 6.50. The van der Waals surface area contributed by atoms with Crippen LogP contribution in [-0.4, -0.2) is 42.2 Å². The maximum Gasteiger partial charge on any atom is 0.337 e. The molecule has 1 aliphatic carbocycles. The van der Waals surface area contributed by atoms with Gasteiger partial charge in [0.05, 0.1) is 11.7 Å². The molecule has 0 aliphatic heterocycles. The van der Waals surface area contributed by atoms with Gasteiger partial charge in [0.15, 0.2) is 5.03 Å². The van der Waals surface area contributed by atoms with Crippen molar-refractivity contribution in [3.63, 3.8) is 0 Å². The summed E-state index contributed by atoms with van der Waals surface area (Å²) in [5, 5.41) is 18.0. The number of carboxylic acids is 1. The zero-order valence-corrected chi connectivity index (χ0v) is 12.2. The second-order valence-corrected chi connectivity index (χ2v) is 6.93. The Kier molecular flexibility index (Phi) is 4.92. The number of aromatic nitrogens is 1. The first-order chi connectivity index (χ1) is 9.88. The molecule has 0 bridgehead atoms. The van der Waals surface area contributed by atoms with Crippen LogP contribution in [0.2, 0.25) is 0 Å². The summed E-state index contributed by atoms with van der Waals surface area (Å²) in [6, 6.07) is 2.39. The molecule has 1 heterocycles. The van der Waals surface area contributed by atoms with E-state index in [4.69, 9.17) is 5.11 Å². The molecule has 1 aromatic rings. The van der Waals surface area contributed by atoms with Gasteiger partial charge in [0.25, 0.3) is 10.0 Å². The molecule has 8 heteroatoms. The second-order valence-electron chi connectivity index (χ2n) is 5.22. The number of aliphatic hydroxyl groups is 1. The standard InChI is InChI=1S/C13H18N2O5S/c16-11-4-1-9(2-5-11)7-15-21(19,20)12-6-3-10(8-14-12)13(17)18/h3,6,8-9,11,15-16H,1-2,4-5,7H2,(H,17,18). The quantitative estimate of drug-likeness (QED) is 0.733. The van der Waals surface area contributed by atoms with Gasteiger partial charge >= 0.3 is 5.97 Å². The number of sulfonamides is 1. The highest BCUT2D eigenvalue weighted by Crippen LogP contribution is 2.23. The van der Waals surface area contributed by atoms with Crippen molar-refractivity contribution >= 4 is 16.0 Å². The van der Waals surface area contributed by atoms with Gasteiger partial charge in [0.1, 0.15) is 0 Å². The number of pyridine rings is 1. The third-order valence-electron chi connectivity index (χ3n) is 3.64. The van der Waals surface area contributed by atoms with Gasteiger partial charge in [-0.15, -0.1) is 0 Å². The normalized spacial score (nSPS) is 22.9. The first kappa shape index (κ1) is 15.9. The van der Waals surface area contributed by atoms with Crippen LogP contribution in [0.4, 0.5) is 0 Å². The van der Waals surface area contributed by atoms with Crippen molar-refractivity contribution < 1.29 is 23.4 Å². The minimum atomic E-state index is -3.73. The minimum absolute atomic E-state index is 0.0600. The van der Waals surface area contributed by atoms with E-state index < -0.39 is 16.0 Å². The Labute approximate surface area is 123 Å². The molecule has 0 radical (unpaired) electrons. The molecule has 2 rings (SSSR count). The summed E-state index contributed by atoms with van der Waals surface area (Å²) in [5.41, 5.74) is -0.0600. The van der Waals surface area contributed by atoms with E-state index in [0.717, 1.165) is 19.0 Å². The van der Waals surface area contributed by atoms with Gasteiger partial charge in [0, 0.05) is 12.7 Å². The summed E-state index contributed by atoms with van der Waals surface area (Å²) >= 11 is 0. The van der Waals surface area contributed by atoms with Crippen LogP contribution in [0.1, 0.15) is 36.0 Å². The monoisotopic (exact) mass is 314 g/mol. The molecule has 0 amide bonds. The molecule has 1 aromatic heterocycles. The van der Waals surface area contributed by atoms with Crippen LogP contribution < -0.4 is 4.72 Å². The van der Waals surface area contributed by atoms with Crippen LogP contribution in [-0.2, 0) is 10.0 Å². The van der Waals surface area contributed by atoms with E-state index in [2.05, 4.69) is 9.71 Å². The molecule has 21 heavy (non-hydrogen) atoms. The molecular formula is C13H18N2O5S. The Morgan fingerprint density at radius 1 is 1.29 bits per heavy atom. The lowest BCUT2D eigenvalue weighted by Crippen LogP contribution is -2.32. The molecule has 7 nitrogen and oxygen atoms in total. The smallest absolute Gasteiger partial charge is 0.337 e. The Morgan fingerprint density at radius 2 is 1.95 bits per heavy atom. The van der Waals surface area contributed by atoms with Crippen molar-refractivity contribution in [3.8, 4) is 0 Å². The summed E-state index contributed by atoms with van der Waals surface area (Å²) in [6.45, 7) is 0.303. The third-order valence-corrected chi connectivity index (χ3v) is 4.98. The van der Waals surface area contributed by atoms with Crippen LogP contribution in [0.3, 0.4) is 0 Å². The summed E-state index contributed by atoms with van der Waals surface area (Å²) < 4.78 is 26.6. The topological polar surface area (TPSA) is 117 Å². The number of nitrogens with zero attached hydrogens (tertiary/aromatic N) is 1. The molecule has 0 aromatic carbocycles. The fourth-order valence-corrected chi connectivity index (χ4v) is 3.36. The van der Waals surface area contributed by atoms with Crippen molar-refractivity contribution in [1.82, 2.24) is 9.71 Å². The largest absolute Gasteiger partial charge is 0.478 e. The lowest BCUT2D eigenvalue weighted by atomic mass is 9.88. The average molecular weight is 314 g/mol. The third kappa shape index (κ3) is 4.23. The Bertz CT molecular complexity index is 591. The van der Waals surface area contributed by atoms with Gasteiger partial charge in [-0.05, 0) is 43.7 Å². The Balaban J connectivity index is 1.96. The number of nitrogens with one attached hydrogen (secondary N) is 1. The predicted molar refractivity (Wildman–Crippen MR) is 74.3 cm³/mol. The van der Waals surface area contributed by atoms with Gasteiger partial charge in [-0.1, -0.05) is 0 Å². The number of carboxylic acid groups (broad SMARTS) is 1. The van der Waals surface area contributed by atoms with E-state index in [9.17, 15) is 18.3 Å². The molecule has 1 fully saturated rings. The highest BCUT2D eigenvalue weighted by Gasteiger charge is 2.22. The van der Waals surface area contributed by atoms with E-state index >= 15 is 0 Å². The summed E-state index contributed by atoms with van der Waals surface area (Å²) in [7, 11) is -3.73. The number of carbonyl (C=O) groups is 1. The van der Waals surface area contributed by atoms with E-state index in [-0.39, 0.29) is 22.6 Å². The molecule has 0 unspecified atom stereocenters. The Morgan fingerprint density at radius 3 is 2.48 bits per heavy atom. The van der Waals surface area contributed by atoms with Crippen molar-refractivity contribution in [2.24, 2.45) is 5.92 Å². The van der Waals surface area contributed by atoms with Crippen molar-refractivity contribution in [2.45, 2.75) is 36.8 Å². The number of hydrogen-bond donors (Lipinski definition) is 3. The molecule has 116 valence electrons. The number of rotatable bonds is 5. The molecule has 1 saturated carbocycles. The van der Waals surface area contributed by atoms with Crippen LogP contribution >= 0.6 is 0 Å². The van der Waals surface area contributed by atoms with E-state index in [0.29, 0.717) is 19.4 Å². The van der Waals surface area contributed by atoms with Gasteiger partial charge in [-0.3, -0.25) is 0 Å². The molecule has 0 saturated heterocycles. The van der Waals surface area contributed by atoms with Crippen LogP contribution in [0.15, 0.2) is 23.4 Å². The number of aliphatic hydroxyl groups excluding tert-OH is 1. The minimum Gasteiger partial charge on any atom is -0.478 e. The molecule has 1 aliphatic rings. The SMILES string of the molecule is O=C(O)c1ccc(S(=O)(=O)NCC2CCC(O)CC2)nc1. The van der Waals surface area contributed by atoms with E-state index in [1.54, 1.807) is 0 Å². The van der Waals surface area contributed by atoms with Gasteiger partial charge < -0.3 is 10.2 Å². The lowest BCUT2D eigenvalue weighted by molar-refractivity contribution is 0.0696. The van der Waals surface area contributed by atoms with Crippen LogP contribution in [0.5, 0.6) is 0 Å². The fourth-order valence-electron chi connectivity index (χ4n) is 2.32. The Hall–Kier alpha value is -1.51. The highest BCUT2D eigenvalue weighted by atomic mass is 32.2. The highest BCUT2D eigenvalue weighted by molar-refractivity contribution is 7.89. The summed E-state index contributed by atoms with van der Waals surface area (Å²) in [5.74, 6) is -0.943. The van der Waals surface area contributed by atoms with Gasteiger partial charge in [0.2, 0.25) is 0 Å². The predicted octanol–water partition coefficient (Wildman–Crippen LogP) is 0.609. The van der Waals surface area contributed by atoms with Gasteiger partial charge in [-0.25, -0.2) is 22.9 Å². The molecule has 3 N–H and O–H groups in total. The van der Waals surface area contributed by atoms with Crippen molar-refractivity contribution in [3.05, 3.63) is 23.9 Å². The summed E-state index contributed by atoms with van der Waals surface area (Å²) in [6.07, 6.45) is 3.71. The molecular weight excluding hydrogens is 296 g/mol. The van der Waals surface area contributed by atoms with E-state index in [1.165, 1.54) is 12.1 Å². The van der Waals surface area contributed by atoms with Crippen LogP contribution in [0.25, 0.3) is 0 Å². The zero-order chi connectivity index (χ0) is 15.5. The average Bonchev–Trinajstić information content (AvgIpc) is 2.47. The van der Waals surface area contributed by atoms with Crippen molar-refractivity contribution in [2.75, 3.05) is 6.54 Å². The first-order valence-electron chi connectivity index (χ1n) is 6.75. The van der Waals surface area contributed by atoms with Crippen LogP contribution in [0, 0.1) is 5.92 Å². The maximum absolute atomic E-state index is 12.0. The summed E-state index contributed by atoms with van der Waals surface area (Å²) in [4.78, 5) is 14.4. The first-order valence-corrected chi connectivity index (χ1v) is 8.24. The molecule has 0 atom stereocenters. The van der Waals surface area contributed by atoms with Gasteiger partial charge in [-0.2, -0.15) is 0 Å². The number of aromatic carboxylic acids is 1. The number of hydrogen-bond acceptors (Lipinski definition) is 5. The van der Waals surface area contributed by atoms with Crippen molar-refractivity contribution in [1.29, 1.82) is 0 Å². The zero-order valence-electron chi connectivity index (χ0n) is 11.4.